The van der Waals surface area contributed by atoms with Crippen LogP contribution in [0.1, 0.15) is 40.5 Å². The molecule has 88 valence electrons. The van der Waals surface area contributed by atoms with E-state index in [-0.39, 0.29) is 12.1 Å². The third kappa shape index (κ3) is 5.02. The number of hydrogen-bond donors (Lipinski definition) is 1. The summed E-state index contributed by atoms with van der Waals surface area (Å²) in [4.78, 5) is 11.4. The van der Waals surface area contributed by atoms with Crippen molar-refractivity contribution in [2.45, 2.75) is 58.3 Å². The molecule has 1 aliphatic heterocycles. The van der Waals surface area contributed by atoms with Crippen LogP contribution in [0, 0.1) is 0 Å². The summed E-state index contributed by atoms with van der Waals surface area (Å²) in [6.07, 6.45) is 1.90. The van der Waals surface area contributed by atoms with Crippen molar-refractivity contribution >= 4 is 6.09 Å². The number of carbonyl (C=O) groups excluding carboxylic acids is 1. The molecule has 1 fully saturated rings. The zero-order valence-electron chi connectivity index (χ0n) is 10.0. The Morgan fingerprint density at radius 1 is 1.40 bits per heavy atom. The number of carbonyl (C=O) groups is 1. The van der Waals surface area contributed by atoms with Gasteiger partial charge in [0.1, 0.15) is 5.60 Å². The number of nitrogens with one attached hydrogen (secondary N) is 1. The molecule has 0 aromatic heterocycles. The minimum absolute atomic E-state index is 0.0936. The van der Waals surface area contributed by atoms with E-state index in [4.69, 9.17) is 9.47 Å². The second-order valence-electron chi connectivity index (χ2n) is 5.06. The molecule has 0 bridgehead atoms. The minimum atomic E-state index is -0.438. The van der Waals surface area contributed by atoms with Crippen LogP contribution in [0.5, 0.6) is 0 Å². The summed E-state index contributed by atoms with van der Waals surface area (Å²) >= 11 is 0. The van der Waals surface area contributed by atoms with Gasteiger partial charge in [-0.05, 0) is 40.5 Å². The monoisotopic (exact) mass is 215 g/mol. The third-order valence-corrected chi connectivity index (χ3v) is 2.22. The van der Waals surface area contributed by atoms with Gasteiger partial charge in [0.2, 0.25) is 0 Å². The van der Waals surface area contributed by atoms with E-state index >= 15 is 0 Å². The largest absolute Gasteiger partial charge is 0.444 e. The molecule has 15 heavy (non-hydrogen) atoms. The van der Waals surface area contributed by atoms with Gasteiger partial charge in [-0.1, -0.05) is 0 Å². The first-order valence-electron chi connectivity index (χ1n) is 5.48. The Bertz CT molecular complexity index is 214. The van der Waals surface area contributed by atoms with Gasteiger partial charge < -0.3 is 14.8 Å². The summed E-state index contributed by atoms with van der Waals surface area (Å²) in [5.74, 6) is 0. The van der Waals surface area contributed by atoms with E-state index in [2.05, 4.69) is 5.32 Å². The molecule has 1 heterocycles. The lowest BCUT2D eigenvalue weighted by Gasteiger charge is -2.28. The molecule has 0 radical (unpaired) electrons. The number of ether oxygens (including phenoxy) is 2. The molecule has 4 nitrogen and oxygen atoms in total. The van der Waals surface area contributed by atoms with E-state index in [9.17, 15) is 4.79 Å². The maximum absolute atomic E-state index is 11.4. The summed E-state index contributed by atoms with van der Waals surface area (Å²) in [5, 5.41) is 2.81. The fourth-order valence-electron chi connectivity index (χ4n) is 1.47. The second kappa shape index (κ2) is 4.84. The Morgan fingerprint density at radius 2 is 2.07 bits per heavy atom. The van der Waals surface area contributed by atoms with Crippen molar-refractivity contribution in [1.82, 2.24) is 5.32 Å². The van der Waals surface area contributed by atoms with E-state index in [1.807, 2.05) is 27.7 Å². The summed E-state index contributed by atoms with van der Waals surface area (Å²) in [7, 11) is 0. The first-order chi connectivity index (χ1) is 6.87. The van der Waals surface area contributed by atoms with Gasteiger partial charge in [-0.2, -0.15) is 0 Å². The van der Waals surface area contributed by atoms with Crippen LogP contribution in [0.3, 0.4) is 0 Å². The second-order valence-corrected chi connectivity index (χ2v) is 5.06. The van der Waals surface area contributed by atoms with Crippen LogP contribution < -0.4 is 5.32 Å². The van der Waals surface area contributed by atoms with Crippen molar-refractivity contribution in [1.29, 1.82) is 0 Å². The van der Waals surface area contributed by atoms with Crippen LogP contribution in [-0.2, 0) is 9.47 Å². The summed E-state index contributed by atoms with van der Waals surface area (Å²) in [5.41, 5.74) is -0.438. The van der Waals surface area contributed by atoms with Crippen molar-refractivity contribution in [3.05, 3.63) is 0 Å². The highest BCUT2D eigenvalue weighted by Crippen LogP contribution is 2.13. The summed E-state index contributed by atoms with van der Waals surface area (Å²) < 4.78 is 10.6. The van der Waals surface area contributed by atoms with Crippen LogP contribution in [0.25, 0.3) is 0 Å². The fourth-order valence-corrected chi connectivity index (χ4v) is 1.47. The molecule has 0 aromatic rings. The minimum Gasteiger partial charge on any atom is -0.444 e. The van der Waals surface area contributed by atoms with Gasteiger partial charge >= 0.3 is 6.09 Å². The zero-order chi connectivity index (χ0) is 11.5. The van der Waals surface area contributed by atoms with Gasteiger partial charge in [-0.15, -0.1) is 0 Å². The lowest BCUT2D eigenvalue weighted by Crippen LogP contribution is -2.44. The van der Waals surface area contributed by atoms with E-state index in [0.29, 0.717) is 12.7 Å². The van der Waals surface area contributed by atoms with Gasteiger partial charge in [0.05, 0.1) is 18.8 Å². The molecule has 1 rings (SSSR count). The smallest absolute Gasteiger partial charge is 0.407 e. The normalized spacial score (nSPS) is 27.2. The Balaban J connectivity index is 2.27. The molecule has 4 heteroatoms. The van der Waals surface area contributed by atoms with Crippen LogP contribution in [0.15, 0.2) is 0 Å². The molecule has 1 saturated heterocycles. The number of rotatable bonds is 1. The van der Waals surface area contributed by atoms with Crippen LogP contribution in [0.2, 0.25) is 0 Å². The lowest BCUT2D eigenvalue weighted by molar-refractivity contribution is 0.00120. The predicted molar refractivity (Wildman–Crippen MR) is 57.8 cm³/mol. The van der Waals surface area contributed by atoms with Gasteiger partial charge in [0.15, 0.2) is 0 Å². The fraction of sp³-hybridized carbons (Fsp3) is 0.909. The maximum atomic E-state index is 11.4. The van der Waals surface area contributed by atoms with E-state index in [0.717, 1.165) is 12.8 Å². The van der Waals surface area contributed by atoms with Gasteiger partial charge in [0, 0.05) is 0 Å². The van der Waals surface area contributed by atoms with E-state index < -0.39 is 5.60 Å². The molecular formula is C11H21NO3. The number of amides is 1. The highest BCUT2D eigenvalue weighted by atomic mass is 16.6. The van der Waals surface area contributed by atoms with E-state index in [1.165, 1.54) is 0 Å². The predicted octanol–water partition coefficient (Wildman–Crippen LogP) is 2.08. The molecule has 1 amide bonds. The zero-order valence-corrected chi connectivity index (χ0v) is 10.0. The first kappa shape index (κ1) is 12.3. The van der Waals surface area contributed by atoms with Crippen LogP contribution in [-0.4, -0.2) is 30.4 Å². The van der Waals surface area contributed by atoms with Gasteiger partial charge in [-0.3, -0.25) is 0 Å². The van der Waals surface area contributed by atoms with Crippen molar-refractivity contribution in [3.8, 4) is 0 Å². The Hall–Kier alpha value is -0.770. The number of hydrogen-bond acceptors (Lipinski definition) is 3. The standard InChI is InChI=1S/C11H21NO3/c1-8-5-6-9(7-14-8)12-10(13)15-11(2,3)4/h8-9H,5-7H2,1-4H3,(H,12,13)/t8-,9?/m1/s1. The highest BCUT2D eigenvalue weighted by molar-refractivity contribution is 5.68. The molecular weight excluding hydrogens is 194 g/mol. The van der Waals surface area contributed by atoms with Crippen LogP contribution in [0.4, 0.5) is 4.79 Å². The van der Waals surface area contributed by atoms with Crippen molar-refractivity contribution in [2.24, 2.45) is 0 Å². The molecule has 1 aliphatic rings. The van der Waals surface area contributed by atoms with Crippen molar-refractivity contribution in [2.75, 3.05) is 6.61 Å². The average molecular weight is 215 g/mol. The quantitative estimate of drug-likeness (QED) is 0.728. The van der Waals surface area contributed by atoms with Crippen molar-refractivity contribution in [3.63, 3.8) is 0 Å². The Kier molecular flexibility index (Phi) is 3.97. The highest BCUT2D eigenvalue weighted by Gasteiger charge is 2.23. The molecule has 2 atom stereocenters. The van der Waals surface area contributed by atoms with E-state index in [1.54, 1.807) is 0 Å². The van der Waals surface area contributed by atoms with Gasteiger partial charge in [-0.25, -0.2) is 4.79 Å². The van der Waals surface area contributed by atoms with Gasteiger partial charge in [0.25, 0.3) is 0 Å². The van der Waals surface area contributed by atoms with Crippen molar-refractivity contribution < 1.29 is 14.3 Å². The molecule has 1 N–H and O–H groups in total. The Labute approximate surface area is 91.3 Å². The summed E-state index contributed by atoms with van der Waals surface area (Å²) in [6, 6.07) is 0.0936. The molecule has 0 aliphatic carbocycles. The molecule has 0 aromatic carbocycles. The molecule has 0 spiro atoms. The topological polar surface area (TPSA) is 47.6 Å². The average Bonchev–Trinajstić information content (AvgIpc) is 2.05. The lowest BCUT2D eigenvalue weighted by atomic mass is 10.1. The Morgan fingerprint density at radius 3 is 2.53 bits per heavy atom. The van der Waals surface area contributed by atoms with Crippen LogP contribution >= 0.6 is 0 Å². The summed E-state index contributed by atoms with van der Waals surface area (Å²) in [6.45, 7) is 8.19. The first-order valence-corrected chi connectivity index (χ1v) is 5.48. The number of alkyl carbamates (subject to hydrolysis) is 1. The molecule has 0 saturated carbocycles. The SMILES string of the molecule is C[C@@H]1CCC(NC(=O)OC(C)(C)C)CO1. The maximum Gasteiger partial charge on any atom is 0.407 e. The molecule has 1 unspecified atom stereocenters. The third-order valence-electron chi connectivity index (χ3n) is 2.22.